The summed E-state index contributed by atoms with van der Waals surface area (Å²) in [6, 6.07) is 1.60. The highest BCUT2D eigenvalue weighted by Crippen LogP contribution is 2.23. The lowest BCUT2D eigenvalue weighted by Crippen LogP contribution is -2.34. The van der Waals surface area contributed by atoms with Crippen LogP contribution < -0.4 is 4.90 Å². The molecule has 2 nitrogen and oxygen atoms in total. The Morgan fingerprint density at radius 3 is 3.00 bits per heavy atom. The lowest BCUT2D eigenvalue weighted by Gasteiger charge is -2.32. The van der Waals surface area contributed by atoms with Gasteiger partial charge in [0.05, 0.1) is 17.6 Å². The zero-order valence-corrected chi connectivity index (χ0v) is 9.33. The van der Waals surface area contributed by atoms with Gasteiger partial charge in [-0.2, -0.15) is 0 Å². The van der Waals surface area contributed by atoms with Gasteiger partial charge in [-0.1, -0.05) is 6.92 Å². The van der Waals surface area contributed by atoms with Crippen LogP contribution in [0.3, 0.4) is 0 Å². The van der Waals surface area contributed by atoms with Crippen LogP contribution in [0.15, 0.2) is 12.3 Å². The number of hydrogen-bond acceptors (Lipinski definition) is 2. The van der Waals surface area contributed by atoms with Crippen LogP contribution in [0.1, 0.15) is 25.5 Å². The molecule has 1 aliphatic heterocycles. The van der Waals surface area contributed by atoms with E-state index in [4.69, 9.17) is 0 Å². The van der Waals surface area contributed by atoms with Gasteiger partial charge in [0, 0.05) is 19.2 Å². The van der Waals surface area contributed by atoms with Crippen molar-refractivity contribution in [2.45, 2.75) is 26.7 Å². The second kappa shape index (κ2) is 4.17. The molecule has 1 atom stereocenters. The molecule has 15 heavy (non-hydrogen) atoms. The van der Waals surface area contributed by atoms with Crippen LogP contribution in [-0.4, -0.2) is 18.1 Å². The van der Waals surface area contributed by atoms with Crippen molar-refractivity contribution in [1.29, 1.82) is 0 Å². The van der Waals surface area contributed by atoms with E-state index in [1.54, 1.807) is 19.2 Å². The Kier molecular flexibility index (Phi) is 2.89. The number of anilines is 1. The molecule has 0 aromatic carbocycles. The first-order valence-electron chi connectivity index (χ1n) is 5.54. The first-order chi connectivity index (χ1) is 7.16. The third kappa shape index (κ3) is 2.28. The van der Waals surface area contributed by atoms with E-state index < -0.39 is 0 Å². The second-order valence-corrected chi connectivity index (χ2v) is 4.45. The zero-order chi connectivity index (χ0) is 10.8. The molecule has 0 aliphatic carbocycles. The minimum atomic E-state index is -0.203. The Morgan fingerprint density at radius 1 is 1.53 bits per heavy atom. The number of aryl methyl sites for hydroxylation is 1. The molecule has 82 valence electrons. The standard InChI is InChI=1S/C12H17FN2/c1-9-4-3-5-15(8-9)11-6-12(13)10(2)14-7-11/h6-7,9H,3-5,8H2,1-2H3. The van der Waals surface area contributed by atoms with E-state index in [0.717, 1.165) is 18.8 Å². The number of hydrogen-bond donors (Lipinski definition) is 0. The Bertz CT molecular complexity index is 351. The molecule has 3 heteroatoms. The normalized spacial score (nSPS) is 21.8. The summed E-state index contributed by atoms with van der Waals surface area (Å²) in [5.41, 5.74) is 1.40. The maximum atomic E-state index is 13.3. The number of aromatic nitrogens is 1. The van der Waals surface area contributed by atoms with Crippen LogP contribution in [-0.2, 0) is 0 Å². The predicted molar refractivity (Wildman–Crippen MR) is 59.5 cm³/mol. The zero-order valence-electron chi connectivity index (χ0n) is 9.33. The van der Waals surface area contributed by atoms with Crippen LogP contribution in [0.2, 0.25) is 0 Å². The van der Waals surface area contributed by atoms with Gasteiger partial charge in [0.15, 0.2) is 0 Å². The summed E-state index contributed by atoms with van der Waals surface area (Å²) in [6.45, 7) is 5.97. The quantitative estimate of drug-likeness (QED) is 0.705. The molecule has 1 aromatic heterocycles. The fourth-order valence-corrected chi connectivity index (χ4v) is 2.09. The molecule has 1 unspecified atom stereocenters. The molecule has 1 aromatic rings. The van der Waals surface area contributed by atoms with Gasteiger partial charge in [0.1, 0.15) is 5.82 Å². The van der Waals surface area contributed by atoms with E-state index in [0.29, 0.717) is 11.6 Å². The van der Waals surface area contributed by atoms with E-state index in [1.807, 2.05) is 0 Å². The SMILES string of the molecule is Cc1ncc(N2CCCC(C)C2)cc1F. The van der Waals surface area contributed by atoms with Crippen molar-refractivity contribution in [2.24, 2.45) is 5.92 Å². The highest BCUT2D eigenvalue weighted by molar-refractivity contribution is 5.45. The number of piperidine rings is 1. The van der Waals surface area contributed by atoms with Gasteiger partial charge < -0.3 is 4.90 Å². The smallest absolute Gasteiger partial charge is 0.146 e. The minimum Gasteiger partial charge on any atom is -0.370 e. The van der Waals surface area contributed by atoms with E-state index >= 15 is 0 Å². The van der Waals surface area contributed by atoms with Crippen molar-refractivity contribution in [3.63, 3.8) is 0 Å². The molecule has 0 saturated carbocycles. The fourth-order valence-electron chi connectivity index (χ4n) is 2.09. The average Bonchev–Trinajstić information content (AvgIpc) is 2.22. The molecular formula is C12H17FN2. The Morgan fingerprint density at radius 2 is 2.33 bits per heavy atom. The van der Waals surface area contributed by atoms with Crippen molar-refractivity contribution >= 4 is 5.69 Å². The lowest BCUT2D eigenvalue weighted by atomic mass is 10.00. The van der Waals surface area contributed by atoms with Crippen LogP contribution in [0, 0.1) is 18.7 Å². The van der Waals surface area contributed by atoms with Gasteiger partial charge in [-0.25, -0.2) is 4.39 Å². The van der Waals surface area contributed by atoms with Crippen molar-refractivity contribution < 1.29 is 4.39 Å². The molecular weight excluding hydrogens is 191 g/mol. The van der Waals surface area contributed by atoms with Gasteiger partial charge in [0.25, 0.3) is 0 Å². The van der Waals surface area contributed by atoms with E-state index in [1.165, 1.54) is 12.8 Å². The van der Waals surface area contributed by atoms with Crippen molar-refractivity contribution in [1.82, 2.24) is 4.98 Å². The number of rotatable bonds is 1. The summed E-state index contributed by atoms with van der Waals surface area (Å²) in [5.74, 6) is 0.494. The Labute approximate surface area is 90.1 Å². The van der Waals surface area contributed by atoms with Crippen LogP contribution in [0.25, 0.3) is 0 Å². The van der Waals surface area contributed by atoms with E-state index in [-0.39, 0.29) is 5.82 Å². The Hall–Kier alpha value is -1.12. The molecule has 2 heterocycles. The summed E-state index contributed by atoms with van der Waals surface area (Å²) in [6.07, 6.45) is 4.24. The minimum absolute atomic E-state index is 0.203. The third-order valence-electron chi connectivity index (χ3n) is 3.03. The highest BCUT2D eigenvalue weighted by atomic mass is 19.1. The largest absolute Gasteiger partial charge is 0.370 e. The van der Waals surface area contributed by atoms with Crippen LogP contribution in [0.4, 0.5) is 10.1 Å². The molecule has 0 N–H and O–H groups in total. The number of nitrogens with zero attached hydrogens (tertiary/aromatic N) is 2. The Balaban J connectivity index is 2.18. The molecule has 0 radical (unpaired) electrons. The van der Waals surface area contributed by atoms with Crippen molar-refractivity contribution in [2.75, 3.05) is 18.0 Å². The molecule has 2 rings (SSSR count). The summed E-state index contributed by atoms with van der Waals surface area (Å²) in [7, 11) is 0. The van der Waals surface area contributed by atoms with Gasteiger partial charge in [-0.15, -0.1) is 0 Å². The van der Waals surface area contributed by atoms with E-state index in [2.05, 4.69) is 16.8 Å². The summed E-state index contributed by atoms with van der Waals surface area (Å²) >= 11 is 0. The van der Waals surface area contributed by atoms with Crippen LogP contribution in [0.5, 0.6) is 0 Å². The van der Waals surface area contributed by atoms with Crippen LogP contribution >= 0.6 is 0 Å². The molecule has 1 fully saturated rings. The molecule has 1 saturated heterocycles. The topological polar surface area (TPSA) is 16.1 Å². The monoisotopic (exact) mass is 208 g/mol. The van der Waals surface area contributed by atoms with Gasteiger partial charge in [0.2, 0.25) is 0 Å². The van der Waals surface area contributed by atoms with E-state index in [9.17, 15) is 4.39 Å². The molecule has 1 aliphatic rings. The van der Waals surface area contributed by atoms with Crippen molar-refractivity contribution in [3.8, 4) is 0 Å². The summed E-state index contributed by atoms with van der Waals surface area (Å²) in [5, 5.41) is 0. The number of halogens is 1. The second-order valence-electron chi connectivity index (χ2n) is 4.45. The average molecular weight is 208 g/mol. The molecule has 0 amide bonds. The first-order valence-corrected chi connectivity index (χ1v) is 5.54. The van der Waals surface area contributed by atoms with Crippen molar-refractivity contribution in [3.05, 3.63) is 23.8 Å². The maximum Gasteiger partial charge on any atom is 0.146 e. The summed E-state index contributed by atoms with van der Waals surface area (Å²) in [4.78, 5) is 6.29. The third-order valence-corrected chi connectivity index (χ3v) is 3.03. The highest BCUT2D eigenvalue weighted by Gasteiger charge is 2.17. The van der Waals surface area contributed by atoms with Gasteiger partial charge in [-0.3, -0.25) is 4.98 Å². The lowest BCUT2D eigenvalue weighted by molar-refractivity contribution is 0.446. The maximum absolute atomic E-state index is 13.3. The number of pyridine rings is 1. The first kappa shape index (κ1) is 10.4. The van der Waals surface area contributed by atoms with Gasteiger partial charge in [-0.05, 0) is 25.7 Å². The van der Waals surface area contributed by atoms with Gasteiger partial charge >= 0.3 is 0 Å². The molecule has 0 bridgehead atoms. The predicted octanol–water partition coefficient (Wildman–Crippen LogP) is 2.77. The summed E-state index contributed by atoms with van der Waals surface area (Å²) < 4.78 is 13.3. The fraction of sp³-hybridized carbons (Fsp3) is 0.583. The molecule has 0 spiro atoms.